The fourth-order valence-electron chi connectivity index (χ4n) is 3.41. The third-order valence-electron chi connectivity index (χ3n) is 4.97. The number of nitrogens with zero attached hydrogens (tertiary/aromatic N) is 4. The number of phenols is 1. The van der Waals surface area contributed by atoms with Crippen LogP contribution >= 0.6 is 0 Å². The Balaban J connectivity index is 1.89. The highest BCUT2D eigenvalue weighted by atomic mass is 16.3. The Kier molecular flexibility index (Phi) is 2.89. The summed E-state index contributed by atoms with van der Waals surface area (Å²) in [5, 5.41) is 9.94. The number of fused-ring (bicyclic) bond motifs is 3. The van der Waals surface area contributed by atoms with Crippen LogP contribution in [0.4, 0.5) is 0 Å². The summed E-state index contributed by atoms with van der Waals surface area (Å²) in [6.45, 7) is 4.01. The summed E-state index contributed by atoms with van der Waals surface area (Å²) < 4.78 is 2.07. The number of aryl methyl sites for hydroxylation is 2. The molecule has 0 bridgehead atoms. The SMILES string of the molecule is Cc1ccc(O)cc1-c1ncc2c(C)nc3ccc(C4CC4)nc3n12. The van der Waals surface area contributed by atoms with Crippen LogP contribution in [0.5, 0.6) is 5.75 Å². The van der Waals surface area contributed by atoms with Crippen LogP contribution in [0.15, 0.2) is 36.5 Å². The lowest BCUT2D eigenvalue weighted by Gasteiger charge is -2.10. The van der Waals surface area contributed by atoms with Gasteiger partial charge >= 0.3 is 0 Å². The average molecular weight is 330 g/mol. The van der Waals surface area contributed by atoms with Gasteiger partial charge in [0.25, 0.3) is 0 Å². The van der Waals surface area contributed by atoms with Gasteiger partial charge in [0.1, 0.15) is 17.1 Å². The normalized spacial score (nSPS) is 14.5. The van der Waals surface area contributed by atoms with Crippen LogP contribution in [0.2, 0.25) is 0 Å². The Hall–Kier alpha value is -2.95. The average Bonchev–Trinajstić information content (AvgIpc) is 3.35. The second-order valence-electron chi connectivity index (χ2n) is 6.85. The molecule has 4 aromatic rings. The number of aromatic hydroxyl groups is 1. The molecule has 0 atom stereocenters. The molecule has 1 saturated carbocycles. The molecule has 1 fully saturated rings. The molecular weight excluding hydrogens is 312 g/mol. The van der Waals surface area contributed by atoms with Crippen molar-refractivity contribution >= 4 is 16.7 Å². The topological polar surface area (TPSA) is 63.3 Å². The molecule has 3 aromatic heterocycles. The minimum absolute atomic E-state index is 0.235. The summed E-state index contributed by atoms with van der Waals surface area (Å²) in [6, 6.07) is 9.51. The predicted octanol–water partition coefficient (Wildman–Crippen LogP) is 4.14. The van der Waals surface area contributed by atoms with Crippen molar-refractivity contribution in [2.75, 3.05) is 0 Å². The van der Waals surface area contributed by atoms with Gasteiger partial charge in [-0.1, -0.05) is 6.07 Å². The van der Waals surface area contributed by atoms with Crippen molar-refractivity contribution < 1.29 is 5.11 Å². The van der Waals surface area contributed by atoms with Crippen molar-refractivity contribution in [3.05, 3.63) is 53.5 Å². The first-order chi connectivity index (χ1) is 12.1. The third kappa shape index (κ3) is 2.19. The van der Waals surface area contributed by atoms with Gasteiger partial charge < -0.3 is 5.11 Å². The highest BCUT2D eigenvalue weighted by molar-refractivity contribution is 5.80. The van der Waals surface area contributed by atoms with Crippen LogP contribution in [-0.2, 0) is 0 Å². The van der Waals surface area contributed by atoms with Gasteiger partial charge in [0.05, 0.1) is 17.4 Å². The maximum Gasteiger partial charge on any atom is 0.165 e. The molecule has 0 amide bonds. The molecule has 0 saturated heterocycles. The number of hydrogen-bond acceptors (Lipinski definition) is 4. The fourth-order valence-corrected chi connectivity index (χ4v) is 3.41. The molecule has 0 unspecified atom stereocenters. The summed E-state index contributed by atoms with van der Waals surface area (Å²) in [6.07, 6.45) is 4.26. The first-order valence-corrected chi connectivity index (χ1v) is 8.56. The highest BCUT2D eigenvalue weighted by Gasteiger charge is 2.26. The van der Waals surface area contributed by atoms with Crippen molar-refractivity contribution in [1.82, 2.24) is 19.4 Å². The standard InChI is InChI=1S/C20H18N4O/c1-11-3-6-14(25)9-15(11)19-21-10-18-12(2)22-17-8-7-16(13-4-5-13)23-20(17)24(18)19/h3,6-10,13,25H,4-5H2,1-2H3. The molecule has 1 aromatic carbocycles. The van der Waals surface area contributed by atoms with Crippen LogP contribution in [0.3, 0.4) is 0 Å². The molecule has 124 valence electrons. The van der Waals surface area contributed by atoms with Gasteiger partial charge in [-0.05, 0) is 56.5 Å². The number of imidazole rings is 1. The van der Waals surface area contributed by atoms with Gasteiger partial charge in [-0.2, -0.15) is 0 Å². The maximum absolute atomic E-state index is 9.94. The van der Waals surface area contributed by atoms with Crippen molar-refractivity contribution in [1.29, 1.82) is 0 Å². The van der Waals surface area contributed by atoms with Crippen molar-refractivity contribution in [2.45, 2.75) is 32.6 Å². The molecule has 0 radical (unpaired) electrons. The summed E-state index contributed by atoms with van der Waals surface area (Å²) in [5.41, 5.74) is 6.67. The number of pyridine rings is 1. The largest absolute Gasteiger partial charge is 0.508 e. The third-order valence-corrected chi connectivity index (χ3v) is 4.97. The van der Waals surface area contributed by atoms with E-state index in [2.05, 4.69) is 21.5 Å². The molecule has 1 aliphatic rings. The zero-order chi connectivity index (χ0) is 17.1. The zero-order valence-electron chi connectivity index (χ0n) is 14.2. The minimum Gasteiger partial charge on any atom is -0.508 e. The first kappa shape index (κ1) is 14.4. The molecule has 0 spiro atoms. The maximum atomic E-state index is 9.94. The summed E-state index contributed by atoms with van der Waals surface area (Å²) >= 11 is 0. The van der Waals surface area contributed by atoms with E-state index in [1.54, 1.807) is 12.1 Å². The van der Waals surface area contributed by atoms with E-state index in [-0.39, 0.29) is 5.75 Å². The smallest absolute Gasteiger partial charge is 0.165 e. The van der Waals surface area contributed by atoms with Gasteiger partial charge in [0.2, 0.25) is 0 Å². The van der Waals surface area contributed by atoms with E-state index in [1.807, 2.05) is 26.1 Å². The first-order valence-electron chi connectivity index (χ1n) is 8.56. The van der Waals surface area contributed by atoms with Crippen LogP contribution in [0, 0.1) is 13.8 Å². The lowest BCUT2D eigenvalue weighted by atomic mass is 10.1. The van der Waals surface area contributed by atoms with E-state index in [9.17, 15) is 5.11 Å². The quantitative estimate of drug-likeness (QED) is 0.600. The second-order valence-corrected chi connectivity index (χ2v) is 6.85. The van der Waals surface area contributed by atoms with Crippen LogP contribution in [-0.4, -0.2) is 24.5 Å². The Morgan fingerprint density at radius 1 is 1.08 bits per heavy atom. The van der Waals surface area contributed by atoms with Gasteiger partial charge in [-0.25, -0.2) is 15.0 Å². The van der Waals surface area contributed by atoms with Crippen LogP contribution in [0.25, 0.3) is 28.1 Å². The van der Waals surface area contributed by atoms with Crippen LogP contribution in [0.1, 0.15) is 35.7 Å². The van der Waals surface area contributed by atoms with E-state index in [0.717, 1.165) is 45.0 Å². The predicted molar refractivity (Wildman–Crippen MR) is 96.8 cm³/mol. The van der Waals surface area contributed by atoms with Crippen molar-refractivity contribution in [3.8, 4) is 17.1 Å². The molecule has 0 aliphatic heterocycles. The highest BCUT2D eigenvalue weighted by Crippen LogP contribution is 2.39. The summed E-state index contributed by atoms with van der Waals surface area (Å²) in [5.74, 6) is 1.61. The minimum atomic E-state index is 0.235. The molecule has 5 rings (SSSR count). The van der Waals surface area contributed by atoms with E-state index in [0.29, 0.717) is 5.92 Å². The molecule has 5 heteroatoms. The fraction of sp³-hybridized carbons (Fsp3) is 0.250. The molecular formula is C20H18N4O. The lowest BCUT2D eigenvalue weighted by Crippen LogP contribution is -2.01. The van der Waals surface area contributed by atoms with Crippen LogP contribution < -0.4 is 0 Å². The van der Waals surface area contributed by atoms with E-state index >= 15 is 0 Å². The molecule has 25 heavy (non-hydrogen) atoms. The van der Waals surface area contributed by atoms with Crippen molar-refractivity contribution in [3.63, 3.8) is 0 Å². The molecule has 1 aliphatic carbocycles. The molecule has 1 N–H and O–H groups in total. The number of hydrogen-bond donors (Lipinski definition) is 1. The van der Waals surface area contributed by atoms with Gasteiger partial charge in [-0.3, -0.25) is 4.40 Å². The summed E-state index contributed by atoms with van der Waals surface area (Å²) in [4.78, 5) is 14.3. The van der Waals surface area contributed by atoms with E-state index in [1.165, 1.54) is 12.8 Å². The zero-order valence-corrected chi connectivity index (χ0v) is 14.2. The second kappa shape index (κ2) is 5.02. The van der Waals surface area contributed by atoms with E-state index in [4.69, 9.17) is 9.97 Å². The van der Waals surface area contributed by atoms with Gasteiger partial charge in [0, 0.05) is 17.2 Å². The lowest BCUT2D eigenvalue weighted by molar-refractivity contribution is 0.475. The van der Waals surface area contributed by atoms with Gasteiger partial charge in [-0.15, -0.1) is 0 Å². The molecule has 3 heterocycles. The number of benzene rings is 1. The summed E-state index contributed by atoms with van der Waals surface area (Å²) in [7, 11) is 0. The Bertz CT molecular complexity index is 1140. The number of phenolic OH excluding ortho intramolecular Hbond substituents is 1. The molecule has 5 nitrogen and oxygen atoms in total. The monoisotopic (exact) mass is 330 g/mol. The Morgan fingerprint density at radius 2 is 1.92 bits per heavy atom. The van der Waals surface area contributed by atoms with Gasteiger partial charge in [0.15, 0.2) is 5.65 Å². The van der Waals surface area contributed by atoms with E-state index < -0.39 is 0 Å². The number of aromatic nitrogens is 4. The Morgan fingerprint density at radius 3 is 2.72 bits per heavy atom. The Labute approximate surface area is 145 Å². The van der Waals surface area contributed by atoms with Crippen molar-refractivity contribution in [2.24, 2.45) is 0 Å². The number of rotatable bonds is 2.